The van der Waals surface area contributed by atoms with Crippen molar-refractivity contribution >= 4 is 35.3 Å². The summed E-state index contributed by atoms with van der Waals surface area (Å²) in [7, 11) is 0. The van der Waals surface area contributed by atoms with Gasteiger partial charge in [-0.05, 0) is 50.2 Å². The molecule has 0 spiro atoms. The third-order valence-corrected chi connectivity index (χ3v) is 4.82. The molecule has 0 aliphatic rings. The van der Waals surface area contributed by atoms with Crippen LogP contribution in [0.4, 0.5) is 4.39 Å². The number of rotatable bonds is 6. The zero-order valence-electron chi connectivity index (χ0n) is 15.7. The van der Waals surface area contributed by atoms with Crippen LogP contribution >= 0.6 is 23.2 Å². The molecule has 150 valence electrons. The minimum Gasteiger partial charge on any atom is -0.482 e. The van der Waals surface area contributed by atoms with Crippen molar-refractivity contribution < 1.29 is 13.9 Å². The van der Waals surface area contributed by atoms with Gasteiger partial charge in [-0.3, -0.25) is 4.79 Å². The van der Waals surface area contributed by atoms with Gasteiger partial charge in [0.1, 0.15) is 11.6 Å². The van der Waals surface area contributed by atoms with E-state index in [2.05, 4.69) is 10.5 Å². The summed E-state index contributed by atoms with van der Waals surface area (Å²) in [5.41, 5.74) is 5.74. The van der Waals surface area contributed by atoms with Crippen LogP contribution in [0.3, 0.4) is 0 Å². The van der Waals surface area contributed by atoms with E-state index in [0.29, 0.717) is 10.8 Å². The van der Waals surface area contributed by atoms with Crippen LogP contribution in [0.15, 0.2) is 53.6 Å². The molecule has 0 saturated heterocycles. The zero-order valence-corrected chi connectivity index (χ0v) is 17.3. The highest BCUT2D eigenvalue weighted by atomic mass is 35.5. The molecule has 0 unspecified atom stereocenters. The number of nitrogens with one attached hydrogen (secondary N) is 1. The molecule has 0 saturated carbocycles. The van der Waals surface area contributed by atoms with Gasteiger partial charge in [-0.1, -0.05) is 35.3 Å². The third kappa shape index (κ3) is 4.96. The van der Waals surface area contributed by atoms with E-state index in [1.165, 1.54) is 12.3 Å². The summed E-state index contributed by atoms with van der Waals surface area (Å²) in [6, 6.07) is 13.3. The van der Waals surface area contributed by atoms with Crippen LogP contribution in [0.5, 0.6) is 5.75 Å². The van der Waals surface area contributed by atoms with Crippen LogP contribution in [0.25, 0.3) is 5.69 Å². The van der Waals surface area contributed by atoms with E-state index < -0.39 is 11.7 Å². The van der Waals surface area contributed by atoms with Crippen molar-refractivity contribution in [1.29, 1.82) is 0 Å². The van der Waals surface area contributed by atoms with E-state index in [4.69, 9.17) is 27.9 Å². The minimum absolute atomic E-state index is 0.0519. The van der Waals surface area contributed by atoms with E-state index in [9.17, 15) is 9.18 Å². The number of benzene rings is 2. The fraction of sp³-hybridized carbons (Fsp3) is 0.143. The average molecular weight is 434 g/mol. The molecule has 2 aromatic carbocycles. The Kier molecular flexibility index (Phi) is 6.56. The number of carbonyl (C=O) groups is 1. The number of nitrogens with zero attached hydrogens (tertiary/aromatic N) is 2. The maximum Gasteiger partial charge on any atom is 0.277 e. The smallest absolute Gasteiger partial charge is 0.277 e. The quantitative estimate of drug-likeness (QED) is 0.435. The van der Waals surface area contributed by atoms with Crippen molar-refractivity contribution in [2.45, 2.75) is 13.8 Å². The predicted molar refractivity (Wildman–Crippen MR) is 113 cm³/mol. The van der Waals surface area contributed by atoms with E-state index in [0.717, 1.165) is 22.6 Å². The highest BCUT2D eigenvalue weighted by molar-refractivity contribution is 6.32. The van der Waals surface area contributed by atoms with Gasteiger partial charge in [0.15, 0.2) is 6.61 Å². The summed E-state index contributed by atoms with van der Waals surface area (Å²) >= 11 is 11.9. The van der Waals surface area contributed by atoms with Gasteiger partial charge in [-0.25, -0.2) is 9.82 Å². The van der Waals surface area contributed by atoms with Crippen molar-refractivity contribution in [3.8, 4) is 11.4 Å². The lowest BCUT2D eigenvalue weighted by Gasteiger charge is -2.10. The van der Waals surface area contributed by atoms with Gasteiger partial charge >= 0.3 is 0 Å². The van der Waals surface area contributed by atoms with Gasteiger partial charge in [0.25, 0.3) is 5.91 Å². The molecular formula is C21H18Cl2FN3O2. The molecule has 3 rings (SSSR count). The number of hydrogen-bond acceptors (Lipinski definition) is 3. The Balaban J connectivity index is 1.66. The number of ether oxygens (including phenoxy) is 1. The van der Waals surface area contributed by atoms with Gasteiger partial charge in [0.2, 0.25) is 0 Å². The van der Waals surface area contributed by atoms with Crippen LogP contribution in [-0.4, -0.2) is 23.3 Å². The Bertz CT molecular complexity index is 1080. The highest BCUT2D eigenvalue weighted by Crippen LogP contribution is 2.24. The molecule has 5 nitrogen and oxygen atoms in total. The molecular weight excluding hydrogens is 416 g/mol. The SMILES string of the molecule is Cc1cc(/C=N\NC(=O)COc2ccccc2Cl)c(C)n1-c1ccc(F)c(Cl)c1. The Hall–Kier alpha value is -2.83. The molecule has 0 fully saturated rings. The van der Waals surface area contributed by atoms with E-state index >= 15 is 0 Å². The summed E-state index contributed by atoms with van der Waals surface area (Å²) in [6.07, 6.45) is 1.54. The van der Waals surface area contributed by atoms with Crippen molar-refractivity contribution in [2.24, 2.45) is 5.10 Å². The summed E-state index contributed by atoms with van der Waals surface area (Å²) in [5.74, 6) is -0.462. The summed E-state index contributed by atoms with van der Waals surface area (Å²) in [4.78, 5) is 11.9. The lowest BCUT2D eigenvalue weighted by Crippen LogP contribution is -2.24. The second-order valence-corrected chi connectivity index (χ2v) is 7.09. The summed E-state index contributed by atoms with van der Waals surface area (Å²) in [5, 5.41) is 4.46. The van der Waals surface area contributed by atoms with Gasteiger partial charge in [-0.15, -0.1) is 0 Å². The predicted octanol–water partition coefficient (Wildman–Crippen LogP) is 5.07. The molecule has 3 aromatic rings. The van der Waals surface area contributed by atoms with E-state index in [1.54, 1.807) is 36.4 Å². The lowest BCUT2D eigenvalue weighted by atomic mass is 10.2. The van der Waals surface area contributed by atoms with Gasteiger partial charge in [-0.2, -0.15) is 5.10 Å². The normalized spacial score (nSPS) is 11.1. The fourth-order valence-corrected chi connectivity index (χ4v) is 3.22. The summed E-state index contributed by atoms with van der Waals surface area (Å²) < 4.78 is 20.7. The van der Waals surface area contributed by atoms with Gasteiger partial charge in [0.05, 0.1) is 16.3 Å². The maximum atomic E-state index is 13.4. The molecule has 0 aliphatic carbocycles. The molecule has 1 amide bonds. The van der Waals surface area contributed by atoms with Crippen LogP contribution < -0.4 is 10.2 Å². The number of hydrogen-bond donors (Lipinski definition) is 1. The molecule has 8 heteroatoms. The standard InChI is InChI=1S/C21H18Cl2FN3O2/c1-13-9-15(14(2)27(13)16-7-8-19(24)18(23)10-16)11-25-26-21(28)12-29-20-6-4-3-5-17(20)22/h3-11H,12H2,1-2H3,(H,26,28)/b25-11-. The first-order valence-corrected chi connectivity index (χ1v) is 9.46. The Morgan fingerprint density at radius 2 is 1.93 bits per heavy atom. The highest BCUT2D eigenvalue weighted by Gasteiger charge is 2.11. The van der Waals surface area contributed by atoms with Crippen LogP contribution in [-0.2, 0) is 4.79 Å². The van der Waals surface area contributed by atoms with E-state index in [1.807, 2.05) is 24.5 Å². The number of para-hydroxylation sites is 1. The van der Waals surface area contributed by atoms with Crippen LogP contribution in [0, 0.1) is 19.7 Å². The molecule has 0 aliphatic heterocycles. The van der Waals surface area contributed by atoms with Crippen LogP contribution in [0.2, 0.25) is 10.0 Å². The first kappa shape index (κ1) is 20.9. The molecule has 1 N–H and O–H groups in total. The van der Waals surface area contributed by atoms with Crippen LogP contribution in [0.1, 0.15) is 17.0 Å². The Morgan fingerprint density at radius 3 is 2.66 bits per heavy atom. The Morgan fingerprint density at radius 1 is 1.17 bits per heavy atom. The number of halogens is 3. The monoisotopic (exact) mass is 433 g/mol. The fourth-order valence-electron chi connectivity index (χ4n) is 2.85. The topological polar surface area (TPSA) is 55.6 Å². The molecule has 0 radical (unpaired) electrons. The first-order valence-electron chi connectivity index (χ1n) is 8.70. The minimum atomic E-state index is -0.471. The second-order valence-electron chi connectivity index (χ2n) is 6.27. The van der Waals surface area contributed by atoms with Crippen molar-refractivity contribution in [2.75, 3.05) is 6.61 Å². The Labute approximate surface area is 177 Å². The summed E-state index contributed by atoms with van der Waals surface area (Å²) in [6.45, 7) is 3.60. The van der Waals surface area contributed by atoms with Gasteiger partial charge < -0.3 is 9.30 Å². The molecule has 1 aromatic heterocycles. The molecule has 0 atom stereocenters. The average Bonchev–Trinajstić information content (AvgIpc) is 2.97. The first-order chi connectivity index (χ1) is 13.9. The third-order valence-electron chi connectivity index (χ3n) is 4.22. The number of carbonyl (C=O) groups excluding carboxylic acids is 1. The van der Waals surface area contributed by atoms with Crippen molar-refractivity contribution in [3.05, 3.63) is 81.3 Å². The maximum absolute atomic E-state index is 13.4. The molecule has 0 bridgehead atoms. The number of hydrazone groups is 1. The number of aromatic nitrogens is 1. The molecule has 1 heterocycles. The number of amides is 1. The largest absolute Gasteiger partial charge is 0.482 e. The van der Waals surface area contributed by atoms with Crippen molar-refractivity contribution in [3.63, 3.8) is 0 Å². The zero-order chi connectivity index (χ0) is 21.0. The van der Waals surface area contributed by atoms with Crippen molar-refractivity contribution in [1.82, 2.24) is 9.99 Å². The van der Waals surface area contributed by atoms with E-state index in [-0.39, 0.29) is 11.6 Å². The molecule has 29 heavy (non-hydrogen) atoms. The lowest BCUT2D eigenvalue weighted by molar-refractivity contribution is -0.123. The number of aryl methyl sites for hydroxylation is 1. The van der Waals surface area contributed by atoms with Gasteiger partial charge in [0, 0.05) is 22.6 Å². The second kappa shape index (κ2) is 9.11.